The van der Waals surface area contributed by atoms with Crippen LogP contribution >= 0.6 is 0 Å². The molecule has 0 radical (unpaired) electrons. The minimum absolute atomic E-state index is 0.00674. The highest BCUT2D eigenvalue weighted by Gasteiger charge is 2.31. The fraction of sp³-hybridized carbons (Fsp3) is 0.556. The number of benzene rings is 1. The maximum Gasteiger partial charge on any atom is 0.317 e. The summed E-state index contributed by atoms with van der Waals surface area (Å²) in [5.74, 6) is -0.516. The Kier molecular flexibility index (Phi) is 6.39. The quantitative estimate of drug-likeness (QED) is 0.572. The maximum atomic E-state index is 12.2. The van der Waals surface area contributed by atoms with Gasteiger partial charge in [-0.05, 0) is 45.4 Å². The van der Waals surface area contributed by atoms with E-state index < -0.39 is 5.91 Å². The van der Waals surface area contributed by atoms with Crippen LogP contribution in [-0.4, -0.2) is 58.2 Å². The van der Waals surface area contributed by atoms with Crippen molar-refractivity contribution in [3.63, 3.8) is 0 Å². The molecule has 1 aromatic carbocycles. The molecule has 0 aromatic heterocycles. The number of amides is 3. The van der Waals surface area contributed by atoms with Gasteiger partial charge in [0.15, 0.2) is 0 Å². The van der Waals surface area contributed by atoms with Crippen molar-refractivity contribution in [1.82, 2.24) is 20.6 Å². The number of carbonyl (C=O) groups excluding carboxylic acids is 2. The van der Waals surface area contributed by atoms with Gasteiger partial charge in [0.1, 0.15) is 0 Å². The molecule has 7 nitrogen and oxygen atoms in total. The predicted octanol–water partition coefficient (Wildman–Crippen LogP) is 1.82. The first-order valence-electron chi connectivity index (χ1n) is 8.66. The summed E-state index contributed by atoms with van der Waals surface area (Å²) in [6, 6.07) is 7.78. The second kappa shape index (κ2) is 8.31. The Morgan fingerprint density at radius 2 is 1.72 bits per heavy atom. The number of hydrogen-bond donors (Lipinski definition) is 3. The smallest absolute Gasteiger partial charge is 0.317 e. The van der Waals surface area contributed by atoms with Crippen LogP contribution in [0.15, 0.2) is 24.3 Å². The molecule has 2 rings (SSSR count). The maximum absolute atomic E-state index is 12.2. The molecule has 25 heavy (non-hydrogen) atoms. The van der Waals surface area contributed by atoms with E-state index in [1.807, 2.05) is 30.9 Å². The Bertz CT molecular complexity index is 591. The van der Waals surface area contributed by atoms with E-state index in [-0.39, 0.29) is 24.2 Å². The highest BCUT2D eigenvalue weighted by molar-refractivity contribution is 5.93. The summed E-state index contributed by atoms with van der Waals surface area (Å²) in [5, 5.41) is 11.6. The Morgan fingerprint density at radius 3 is 2.20 bits per heavy atom. The van der Waals surface area contributed by atoms with E-state index in [9.17, 15) is 9.59 Å². The summed E-state index contributed by atoms with van der Waals surface area (Å²) in [7, 11) is 0. The lowest BCUT2D eigenvalue weighted by Crippen LogP contribution is -2.59. The minimum atomic E-state index is -0.516. The van der Waals surface area contributed by atoms with E-state index in [0.717, 1.165) is 12.1 Å². The zero-order valence-electron chi connectivity index (χ0n) is 15.3. The number of piperazine rings is 1. The lowest BCUT2D eigenvalue weighted by atomic mass is 10.1. The van der Waals surface area contributed by atoms with Crippen LogP contribution in [-0.2, 0) is 6.54 Å². The molecule has 7 heteroatoms. The molecule has 1 fully saturated rings. The van der Waals surface area contributed by atoms with E-state index >= 15 is 0 Å². The van der Waals surface area contributed by atoms with Crippen LogP contribution in [0.25, 0.3) is 0 Å². The molecular weight excluding hydrogens is 320 g/mol. The molecule has 1 saturated heterocycles. The van der Waals surface area contributed by atoms with Gasteiger partial charge in [-0.1, -0.05) is 12.1 Å². The van der Waals surface area contributed by atoms with Crippen molar-refractivity contribution < 1.29 is 14.8 Å². The zero-order valence-corrected chi connectivity index (χ0v) is 15.3. The molecule has 1 aliphatic rings. The van der Waals surface area contributed by atoms with Crippen molar-refractivity contribution in [2.24, 2.45) is 0 Å². The van der Waals surface area contributed by atoms with Crippen LogP contribution in [0.4, 0.5) is 4.79 Å². The third-order valence-electron chi connectivity index (χ3n) is 4.48. The number of hydroxylamine groups is 1. The molecule has 0 bridgehead atoms. The molecule has 0 unspecified atom stereocenters. The number of nitrogens with zero attached hydrogens (tertiary/aromatic N) is 2. The third-order valence-corrected chi connectivity index (χ3v) is 4.48. The minimum Gasteiger partial charge on any atom is -0.336 e. The molecule has 0 aliphatic carbocycles. The third kappa shape index (κ3) is 4.93. The standard InChI is InChI=1S/C18H28N4O3/c1-12(2)19-18(24)21-9-13(3)22(14(4)10-21)11-15-5-7-16(8-6-15)17(23)20-25/h5-8,12-14,25H,9-11H2,1-4H3,(H,19,24)(H,20,23)/t13-,14+. The highest BCUT2D eigenvalue weighted by Crippen LogP contribution is 2.19. The van der Waals surface area contributed by atoms with E-state index in [4.69, 9.17) is 5.21 Å². The molecule has 1 aromatic rings. The van der Waals surface area contributed by atoms with E-state index in [1.54, 1.807) is 17.6 Å². The Morgan fingerprint density at radius 1 is 1.16 bits per heavy atom. The molecule has 138 valence electrons. The van der Waals surface area contributed by atoms with Crippen LogP contribution in [0.5, 0.6) is 0 Å². The number of rotatable bonds is 4. The summed E-state index contributed by atoms with van der Waals surface area (Å²) < 4.78 is 0. The summed E-state index contributed by atoms with van der Waals surface area (Å²) in [5.41, 5.74) is 3.14. The summed E-state index contributed by atoms with van der Waals surface area (Å²) >= 11 is 0. The zero-order chi connectivity index (χ0) is 18.6. The van der Waals surface area contributed by atoms with Gasteiger partial charge in [-0.3, -0.25) is 14.9 Å². The van der Waals surface area contributed by atoms with Gasteiger partial charge in [0.05, 0.1) is 0 Å². The Hall–Kier alpha value is -2.12. The first-order valence-corrected chi connectivity index (χ1v) is 8.66. The van der Waals surface area contributed by atoms with Crippen molar-refractivity contribution in [1.29, 1.82) is 0 Å². The lowest BCUT2D eigenvalue weighted by molar-refractivity contribution is 0.0488. The van der Waals surface area contributed by atoms with Crippen LogP contribution in [0.3, 0.4) is 0 Å². The van der Waals surface area contributed by atoms with Gasteiger partial charge in [0, 0.05) is 43.3 Å². The van der Waals surface area contributed by atoms with Crippen molar-refractivity contribution in [2.75, 3.05) is 13.1 Å². The molecule has 1 aliphatic heterocycles. The first kappa shape index (κ1) is 19.2. The molecule has 1 heterocycles. The Balaban J connectivity index is 1.99. The SMILES string of the molecule is CC(C)NC(=O)N1C[C@@H](C)N(Cc2ccc(C(=O)NO)cc2)[C@@H](C)C1. The fourth-order valence-corrected chi connectivity index (χ4v) is 3.21. The predicted molar refractivity (Wildman–Crippen MR) is 95.4 cm³/mol. The normalized spacial score (nSPS) is 21.3. The molecule has 3 amide bonds. The number of carbonyl (C=O) groups is 2. The monoisotopic (exact) mass is 348 g/mol. The van der Waals surface area contributed by atoms with E-state index in [2.05, 4.69) is 24.1 Å². The van der Waals surface area contributed by atoms with Gasteiger partial charge >= 0.3 is 6.03 Å². The van der Waals surface area contributed by atoms with E-state index in [1.165, 1.54) is 0 Å². The van der Waals surface area contributed by atoms with Crippen molar-refractivity contribution in [3.8, 4) is 0 Å². The van der Waals surface area contributed by atoms with Gasteiger partial charge in [-0.25, -0.2) is 10.3 Å². The second-order valence-corrected chi connectivity index (χ2v) is 7.02. The molecule has 0 saturated carbocycles. The number of hydrogen-bond acceptors (Lipinski definition) is 4. The number of urea groups is 1. The first-order chi connectivity index (χ1) is 11.8. The van der Waals surface area contributed by atoms with Gasteiger partial charge < -0.3 is 10.2 Å². The Labute approximate surface area is 148 Å². The van der Waals surface area contributed by atoms with Crippen LogP contribution in [0.2, 0.25) is 0 Å². The fourth-order valence-electron chi connectivity index (χ4n) is 3.21. The molecular formula is C18H28N4O3. The topological polar surface area (TPSA) is 84.9 Å². The van der Waals surface area contributed by atoms with Crippen molar-refractivity contribution in [3.05, 3.63) is 35.4 Å². The van der Waals surface area contributed by atoms with Crippen LogP contribution in [0.1, 0.15) is 43.6 Å². The van der Waals surface area contributed by atoms with Gasteiger partial charge in [-0.2, -0.15) is 0 Å². The molecule has 2 atom stereocenters. The molecule has 3 N–H and O–H groups in total. The molecule has 0 spiro atoms. The lowest BCUT2D eigenvalue weighted by Gasteiger charge is -2.44. The highest BCUT2D eigenvalue weighted by atomic mass is 16.5. The van der Waals surface area contributed by atoms with Gasteiger partial charge in [0.25, 0.3) is 5.91 Å². The van der Waals surface area contributed by atoms with Crippen molar-refractivity contribution >= 4 is 11.9 Å². The van der Waals surface area contributed by atoms with Gasteiger partial charge in [-0.15, -0.1) is 0 Å². The van der Waals surface area contributed by atoms with Crippen molar-refractivity contribution in [2.45, 2.75) is 52.4 Å². The average Bonchev–Trinajstić information content (AvgIpc) is 2.57. The van der Waals surface area contributed by atoms with E-state index in [0.29, 0.717) is 18.7 Å². The average molecular weight is 348 g/mol. The number of nitrogens with one attached hydrogen (secondary N) is 2. The summed E-state index contributed by atoms with van der Waals surface area (Å²) in [6.07, 6.45) is 0. The van der Waals surface area contributed by atoms with Gasteiger partial charge in [0.2, 0.25) is 0 Å². The summed E-state index contributed by atoms with van der Waals surface area (Å²) in [4.78, 5) is 27.8. The largest absolute Gasteiger partial charge is 0.336 e. The summed E-state index contributed by atoms with van der Waals surface area (Å²) in [6.45, 7) is 10.3. The van der Waals surface area contributed by atoms with Crippen LogP contribution in [0, 0.1) is 0 Å². The second-order valence-electron chi connectivity index (χ2n) is 7.02. The van der Waals surface area contributed by atoms with Crippen LogP contribution < -0.4 is 10.8 Å².